The van der Waals surface area contributed by atoms with Gasteiger partial charge in [0, 0.05) is 13.0 Å². The number of likely N-dealkylation sites (tertiary alicyclic amines) is 1. The first-order chi connectivity index (χ1) is 12.1. The third-order valence-corrected chi connectivity index (χ3v) is 5.00. The van der Waals surface area contributed by atoms with E-state index in [2.05, 4.69) is 0 Å². The monoisotopic (exact) mass is 400 g/mol. The van der Waals surface area contributed by atoms with Crippen LogP contribution in [0.1, 0.15) is 58.1 Å². The topological polar surface area (TPSA) is 72.6 Å². The maximum absolute atomic E-state index is 12.8. The summed E-state index contributed by atoms with van der Waals surface area (Å²) in [4.78, 5) is 26.4. The van der Waals surface area contributed by atoms with Crippen LogP contribution in [0.25, 0.3) is 0 Å². The summed E-state index contributed by atoms with van der Waals surface area (Å²) in [6.45, 7) is 6.07. The molecule has 0 spiro atoms. The van der Waals surface area contributed by atoms with E-state index in [9.17, 15) is 9.59 Å². The zero-order valence-corrected chi connectivity index (χ0v) is 16.9. The molecule has 144 valence electrons. The zero-order chi connectivity index (χ0) is 19.5. The van der Waals surface area contributed by atoms with Crippen molar-refractivity contribution in [1.82, 2.24) is 4.90 Å². The van der Waals surface area contributed by atoms with Gasteiger partial charge in [-0.1, -0.05) is 29.3 Å². The normalized spacial score (nSPS) is 18.7. The lowest BCUT2D eigenvalue weighted by atomic mass is 10.0. The Labute approximate surface area is 164 Å². The average Bonchev–Trinajstić information content (AvgIpc) is 3.02. The Kier molecular flexibility index (Phi) is 6.94. The van der Waals surface area contributed by atoms with Gasteiger partial charge in [-0.3, -0.25) is 9.59 Å². The van der Waals surface area contributed by atoms with Crippen LogP contribution in [-0.4, -0.2) is 35.0 Å². The number of halogens is 2. The summed E-state index contributed by atoms with van der Waals surface area (Å²) in [5, 5.41) is 0.957. The van der Waals surface area contributed by atoms with E-state index in [1.807, 2.05) is 26.8 Å². The molecule has 2 rings (SSSR count). The number of rotatable bonds is 5. The standard InChI is InChI=1S/C19H26Cl2N2O3/c1-19(2,3)26-17(24)9-8-15(22)18(25)23-10-4-5-16(23)12-6-7-13(20)14(21)11-12/h6-7,11,15-16H,4-5,8-10,22H2,1-3H3/t15-,16+/m1/s1. The first-order valence-electron chi connectivity index (χ1n) is 8.81. The molecule has 2 atom stereocenters. The number of esters is 1. The molecule has 0 aromatic heterocycles. The number of amides is 1. The summed E-state index contributed by atoms with van der Waals surface area (Å²) in [7, 11) is 0. The van der Waals surface area contributed by atoms with Crippen LogP contribution in [0.15, 0.2) is 18.2 Å². The predicted molar refractivity (Wildman–Crippen MR) is 103 cm³/mol. The smallest absolute Gasteiger partial charge is 0.306 e. The molecule has 1 saturated heterocycles. The number of benzene rings is 1. The highest BCUT2D eigenvalue weighted by molar-refractivity contribution is 6.42. The fourth-order valence-electron chi connectivity index (χ4n) is 3.10. The molecule has 0 bridgehead atoms. The summed E-state index contributed by atoms with van der Waals surface area (Å²) in [5.41, 5.74) is 6.46. The highest BCUT2D eigenvalue weighted by Gasteiger charge is 2.33. The number of carbonyl (C=O) groups is 2. The number of hydrogen-bond donors (Lipinski definition) is 1. The molecule has 1 aromatic carbocycles. The molecule has 0 radical (unpaired) electrons. The van der Waals surface area contributed by atoms with E-state index in [4.69, 9.17) is 33.7 Å². The van der Waals surface area contributed by atoms with Gasteiger partial charge in [-0.15, -0.1) is 0 Å². The first kappa shape index (κ1) is 21.0. The number of carbonyl (C=O) groups excluding carboxylic acids is 2. The molecule has 1 aliphatic heterocycles. The van der Waals surface area contributed by atoms with Crippen molar-refractivity contribution in [1.29, 1.82) is 0 Å². The van der Waals surface area contributed by atoms with Crippen molar-refractivity contribution in [3.05, 3.63) is 33.8 Å². The lowest BCUT2D eigenvalue weighted by Gasteiger charge is -2.28. The minimum Gasteiger partial charge on any atom is -0.460 e. The van der Waals surface area contributed by atoms with Crippen molar-refractivity contribution in [3.8, 4) is 0 Å². The van der Waals surface area contributed by atoms with E-state index in [0.29, 0.717) is 16.6 Å². The van der Waals surface area contributed by atoms with E-state index in [1.54, 1.807) is 17.0 Å². The summed E-state index contributed by atoms with van der Waals surface area (Å²) >= 11 is 12.1. The largest absolute Gasteiger partial charge is 0.460 e. The lowest BCUT2D eigenvalue weighted by Crippen LogP contribution is -2.43. The second-order valence-electron chi connectivity index (χ2n) is 7.59. The van der Waals surface area contributed by atoms with Crippen molar-refractivity contribution < 1.29 is 14.3 Å². The average molecular weight is 401 g/mol. The molecule has 0 aliphatic carbocycles. The number of hydrogen-bond acceptors (Lipinski definition) is 4. The summed E-state index contributed by atoms with van der Waals surface area (Å²) in [6, 6.07) is 4.63. The van der Waals surface area contributed by atoms with Crippen LogP contribution >= 0.6 is 23.2 Å². The van der Waals surface area contributed by atoms with Crippen LogP contribution in [0.5, 0.6) is 0 Å². The van der Waals surface area contributed by atoms with E-state index >= 15 is 0 Å². The van der Waals surface area contributed by atoms with Gasteiger partial charge in [-0.2, -0.15) is 0 Å². The Morgan fingerprint density at radius 3 is 2.62 bits per heavy atom. The molecule has 1 aliphatic rings. The van der Waals surface area contributed by atoms with Gasteiger partial charge < -0.3 is 15.4 Å². The molecule has 2 N–H and O–H groups in total. The van der Waals surface area contributed by atoms with Gasteiger partial charge in [0.05, 0.1) is 22.1 Å². The van der Waals surface area contributed by atoms with Crippen molar-refractivity contribution in [3.63, 3.8) is 0 Å². The first-order valence-corrected chi connectivity index (χ1v) is 9.57. The van der Waals surface area contributed by atoms with Crippen molar-refractivity contribution >= 4 is 35.1 Å². The van der Waals surface area contributed by atoms with Crippen LogP contribution in [0.3, 0.4) is 0 Å². The van der Waals surface area contributed by atoms with Crippen LogP contribution in [0.2, 0.25) is 10.0 Å². The van der Waals surface area contributed by atoms with E-state index < -0.39 is 11.6 Å². The number of ether oxygens (including phenoxy) is 1. The van der Waals surface area contributed by atoms with E-state index in [-0.39, 0.29) is 30.8 Å². The van der Waals surface area contributed by atoms with Crippen LogP contribution in [0.4, 0.5) is 0 Å². The van der Waals surface area contributed by atoms with Crippen LogP contribution in [0, 0.1) is 0 Å². The molecular formula is C19H26Cl2N2O3. The number of nitrogens with two attached hydrogens (primary N) is 1. The van der Waals surface area contributed by atoms with E-state index in [0.717, 1.165) is 18.4 Å². The van der Waals surface area contributed by atoms with Gasteiger partial charge in [0.25, 0.3) is 0 Å². The molecule has 26 heavy (non-hydrogen) atoms. The minimum atomic E-state index is -0.731. The minimum absolute atomic E-state index is 0.0650. The Bertz CT molecular complexity index is 673. The second-order valence-corrected chi connectivity index (χ2v) is 8.41. The van der Waals surface area contributed by atoms with E-state index in [1.165, 1.54) is 0 Å². The van der Waals surface area contributed by atoms with Crippen molar-refractivity contribution in [2.45, 2.75) is 64.1 Å². The zero-order valence-electron chi connectivity index (χ0n) is 15.4. The fraction of sp³-hybridized carbons (Fsp3) is 0.579. The third-order valence-electron chi connectivity index (χ3n) is 4.26. The maximum atomic E-state index is 12.8. The SMILES string of the molecule is CC(C)(C)OC(=O)CC[C@@H](N)C(=O)N1CCC[C@H]1c1ccc(Cl)c(Cl)c1. The van der Waals surface area contributed by atoms with Crippen LogP contribution in [-0.2, 0) is 14.3 Å². The molecule has 1 heterocycles. The van der Waals surface area contributed by atoms with Crippen LogP contribution < -0.4 is 5.73 Å². The lowest BCUT2D eigenvalue weighted by molar-refractivity contribution is -0.155. The van der Waals surface area contributed by atoms with Gasteiger partial charge in [0.1, 0.15) is 5.60 Å². The van der Waals surface area contributed by atoms with Crippen molar-refractivity contribution in [2.75, 3.05) is 6.54 Å². The molecule has 5 nitrogen and oxygen atoms in total. The van der Waals surface area contributed by atoms with Gasteiger partial charge in [-0.25, -0.2) is 0 Å². The predicted octanol–water partition coefficient (Wildman–Crippen LogP) is 4.11. The molecule has 1 fully saturated rings. The molecule has 7 heteroatoms. The summed E-state index contributed by atoms with van der Waals surface area (Å²) < 4.78 is 5.26. The maximum Gasteiger partial charge on any atom is 0.306 e. The highest BCUT2D eigenvalue weighted by atomic mass is 35.5. The molecule has 0 saturated carbocycles. The van der Waals surface area contributed by atoms with Gasteiger partial charge in [-0.05, 0) is 57.7 Å². The summed E-state index contributed by atoms with van der Waals surface area (Å²) in [6.07, 6.45) is 2.13. The second kappa shape index (κ2) is 8.59. The molecule has 0 unspecified atom stereocenters. The summed E-state index contributed by atoms with van der Waals surface area (Å²) in [5.74, 6) is -0.495. The fourth-order valence-corrected chi connectivity index (χ4v) is 3.41. The molecule has 1 aromatic rings. The van der Waals surface area contributed by atoms with Gasteiger partial charge >= 0.3 is 5.97 Å². The third kappa shape index (κ3) is 5.60. The number of nitrogens with zero attached hydrogens (tertiary/aromatic N) is 1. The quantitative estimate of drug-likeness (QED) is 0.754. The van der Waals surface area contributed by atoms with Crippen molar-refractivity contribution in [2.24, 2.45) is 5.73 Å². The highest BCUT2D eigenvalue weighted by Crippen LogP contribution is 2.35. The Balaban J connectivity index is 1.98. The molecular weight excluding hydrogens is 375 g/mol. The Morgan fingerprint density at radius 2 is 2.00 bits per heavy atom. The Morgan fingerprint density at radius 1 is 1.31 bits per heavy atom. The molecule has 1 amide bonds. The van der Waals surface area contributed by atoms with Gasteiger partial charge in [0.2, 0.25) is 5.91 Å². The van der Waals surface area contributed by atoms with Gasteiger partial charge in [0.15, 0.2) is 0 Å². The Hall–Kier alpha value is -1.30.